The van der Waals surface area contributed by atoms with Crippen LogP contribution < -0.4 is 0 Å². The van der Waals surface area contributed by atoms with Crippen molar-refractivity contribution in [2.24, 2.45) is 0 Å². The van der Waals surface area contributed by atoms with Crippen molar-refractivity contribution in [3.63, 3.8) is 0 Å². The molecule has 0 aliphatic rings. The second-order valence-corrected chi connectivity index (χ2v) is 4.31. The Morgan fingerprint density at radius 3 is 2.46 bits per heavy atom. The molecule has 5 nitrogen and oxygen atoms in total. The Labute approximate surface area is 79.4 Å². The third-order valence-electron chi connectivity index (χ3n) is 1.45. The second-order valence-electron chi connectivity index (χ2n) is 2.91. The van der Waals surface area contributed by atoms with Crippen molar-refractivity contribution in [1.29, 1.82) is 0 Å². The van der Waals surface area contributed by atoms with E-state index < -0.39 is 16.1 Å². The molecule has 0 aliphatic carbocycles. The highest BCUT2D eigenvalue weighted by Crippen LogP contribution is 1.88. The van der Waals surface area contributed by atoms with E-state index in [1.165, 1.54) is 0 Å². The molecule has 0 aromatic rings. The van der Waals surface area contributed by atoms with E-state index in [-0.39, 0.29) is 0 Å². The normalized spacial score (nSPS) is 12.3. The van der Waals surface area contributed by atoms with Gasteiger partial charge in [-0.1, -0.05) is 6.92 Å². The van der Waals surface area contributed by atoms with Gasteiger partial charge >= 0.3 is 0 Å². The van der Waals surface area contributed by atoms with Crippen LogP contribution in [0, 0.1) is 0 Å². The van der Waals surface area contributed by atoms with Crippen LogP contribution in [0.1, 0.15) is 13.3 Å². The minimum atomic E-state index is -3.98. The third kappa shape index (κ3) is 9.75. The molecule has 6 heteroatoms. The van der Waals surface area contributed by atoms with Gasteiger partial charge in [0.1, 0.15) is 0 Å². The highest BCUT2D eigenvalue weighted by Gasteiger charge is 2.03. The zero-order chi connectivity index (χ0) is 10.3. The molecule has 0 aliphatic heterocycles. The molecule has 0 aromatic carbocycles. The molecule has 0 rings (SSSR count). The monoisotopic (exact) mass is 211 g/mol. The standard InChI is InChI=1S/C7H17NO4S/c1-3-4-8(2)5-6-12-7-13(9,10)11/h3-7H2,1-2H3,(H,9,10,11). The number of hydrogen-bond donors (Lipinski definition) is 1. The highest BCUT2D eigenvalue weighted by atomic mass is 32.2. The molecule has 0 spiro atoms. The zero-order valence-corrected chi connectivity index (χ0v) is 8.88. The smallest absolute Gasteiger partial charge is 0.289 e. The molecule has 0 radical (unpaired) electrons. The molecule has 0 unspecified atom stereocenters. The van der Waals surface area contributed by atoms with Crippen LogP contribution in [0.15, 0.2) is 0 Å². The predicted molar refractivity (Wildman–Crippen MR) is 50.2 cm³/mol. The van der Waals surface area contributed by atoms with E-state index in [2.05, 4.69) is 6.92 Å². The lowest BCUT2D eigenvalue weighted by Gasteiger charge is -2.14. The van der Waals surface area contributed by atoms with Crippen molar-refractivity contribution in [2.75, 3.05) is 32.7 Å². The zero-order valence-electron chi connectivity index (χ0n) is 8.06. The largest absolute Gasteiger partial charge is 0.362 e. The topological polar surface area (TPSA) is 66.8 Å². The first-order valence-electron chi connectivity index (χ1n) is 4.17. The lowest BCUT2D eigenvalue weighted by molar-refractivity contribution is 0.141. The van der Waals surface area contributed by atoms with Crippen LogP contribution in [0.5, 0.6) is 0 Å². The van der Waals surface area contributed by atoms with Gasteiger partial charge in [0, 0.05) is 6.54 Å². The maximum Gasteiger partial charge on any atom is 0.289 e. The summed E-state index contributed by atoms with van der Waals surface area (Å²) < 4.78 is 33.5. The average molecular weight is 211 g/mol. The molecule has 0 saturated heterocycles. The molecule has 0 fully saturated rings. The average Bonchev–Trinajstić information content (AvgIpc) is 1.97. The van der Waals surface area contributed by atoms with Crippen LogP contribution in [0.2, 0.25) is 0 Å². The van der Waals surface area contributed by atoms with Crippen LogP contribution in [-0.2, 0) is 14.9 Å². The Balaban J connectivity index is 3.36. The van der Waals surface area contributed by atoms with Gasteiger partial charge in [-0.25, -0.2) is 0 Å². The summed E-state index contributed by atoms with van der Waals surface area (Å²) in [5.41, 5.74) is 0. The highest BCUT2D eigenvalue weighted by molar-refractivity contribution is 7.85. The van der Waals surface area contributed by atoms with E-state index >= 15 is 0 Å². The van der Waals surface area contributed by atoms with Gasteiger partial charge in [0.15, 0.2) is 5.94 Å². The Kier molecular flexibility index (Phi) is 6.23. The first kappa shape index (κ1) is 12.8. The fourth-order valence-electron chi connectivity index (χ4n) is 0.878. The summed E-state index contributed by atoms with van der Waals surface area (Å²) in [6, 6.07) is 0. The van der Waals surface area contributed by atoms with Crippen LogP contribution >= 0.6 is 0 Å². The minimum absolute atomic E-state index is 0.316. The quantitative estimate of drug-likeness (QED) is 0.481. The Morgan fingerprint density at radius 2 is 2.00 bits per heavy atom. The molecule has 0 atom stereocenters. The van der Waals surface area contributed by atoms with Crippen LogP contribution in [0.25, 0.3) is 0 Å². The predicted octanol–water partition coefficient (Wildman–Crippen LogP) is 0.190. The summed E-state index contributed by atoms with van der Waals surface area (Å²) in [4.78, 5) is 2.03. The molecule has 0 heterocycles. The number of likely N-dealkylation sites (N-methyl/N-ethyl adjacent to an activating group) is 1. The minimum Gasteiger partial charge on any atom is -0.362 e. The van der Waals surface area contributed by atoms with Gasteiger partial charge in [-0.15, -0.1) is 0 Å². The van der Waals surface area contributed by atoms with Gasteiger partial charge in [-0.2, -0.15) is 8.42 Å². The molecule has 0 aromatic heterocycles. The Morgan fingerprint density at radius 1 is 1.38 bits per heavy atom. The van der Waals surface area contributed by atoms with Gasteiger partial charge in [0.2, 0.25) is 0 Å². The Hall–Kier alpha value is -0.170. The van der Waals surface area contributed by atoms with E-state index in [1.54, 1.807) is 0 Å². The van der Waals surface area contributed by atoms with E-state index in [0.29, 0.717) is 13.2 Å². The summed E-state index contributed by atoms with van der Waals surface area (Å²) in [5, 5.41) is 0. The summed E-state index contributed by atoms with van der Waals surface area (Å²) >= 11 is 0. The maximum absolute atomic E-state index is 10.2. The molecule has 80 valence electrons. The SMILES string of the molecule is CCCN(C)CCOCS(=O)(=O)O. The number of nitrogens with zero attached hydrogens (tertiary/aromatic N) is 1. The number of rotatable bonds is 7. The van der Waals surface area contributed by atoms with E-state index in [1.807, 2.05) is 11.9 Å². The van der Waals surface area contributed by atoms with Gasteiger partial charge in [0.05, 0.1) is 6.61 Å². The molecule has 13 heavy (non-hydrogen) atoms. The number of hydrogen-bond acceptors (Lipinski definition) is 4. The van der Waals surface area contributed by atoms with Crippen molar-refractivity contribution >= 4 is 10.1 Å². The fourth-order valence-corrected chi connectivity index (χ4v) is 1.21. The van der Waals surface area contributed by atoms with E-state index in [9.17, 15) is 8.42 Å². The Bertz CT molecular complexity index is 215. The van der Waals surface area contributed by atoms with Gasteiger partial charge in [-0.05, 0) is 20.0 Å². The number of ether oxygens (including phenoxy) is 1. The molecular formula is C7H17NO4S. The second kappa shape index (κ2) is 6.31. The van der Waals surface area contributed by atoms with Crippen LogP contribution in [-0.4, -0.2) is 50.6 Å². The summed E-state index contributed by atoms with van der Waals surface area (Å²) in [6.45, 7) is 4.00. The van der Waals surface area contributed by atoms with Crippen molar-refractivity contribution in [2.45, 2.75) is 13.3 Å². The van der Waals surface area contributed by atoms with Crippen molar-refractivity contribution < 1.29 is 17.7 Å². The molecule has 0 saturated carbocycles. The summed E-state index contributed by atoms with van der Waals surface area (Å²) in [5.74, 6) is -0.618. The molecular weight excluding hydrogens is 194 g/mol. The van der Waals surface area contributed by atoms with Crippen molar-refractivity contribution in [3.8, 4) is 0 Å². The van der Waals surface area contributed by atoms with E-state index in [4.69, 9.17) is 9.29 Å². The van der Waals surface area contributed by atoms with Gasteiger partial charge in [0.25, 0.3) is 10.1 Å². The van der Waals surface area contributed by atoms with Crippen LogP contribution in [0.3, 0.4) is 0 Å². The van der Waals surface area contributed by atoms with E-state index in [0.717, 1.165) is 13.0 Å². The van der Waals surface area contributed by atoms with Crippen molar-refractivity contribution in [1.82, 2.24) is 4.90 Å². The summed E-state index contributed by atoms with van der Waals surface area (Å²) in [7, 11) is -2.04. The molecule has 0 amide bonds. The fraction of sp³-hybridized carbons (Fsp3) is 1.00. The third-order valence-corrected chi connectivity index (χ3v) is 1.92. The lowest BCUT2D eigenvalue weighted by Crippen LogP contribution is -2.24. The van der Waals surface area contributed by atoms with Crippen molar-refractivity contribution in [3.05, 3.63) is 0 Å². The first-order valence-corrected chi connectivity index (χ1v) is 5.78. The van der Waals surface area contributed by atoms with Gasteiger partial charge < -0.3 is 9.64 Å². The maximum atomic E-state index is 10.2. The molecule has 0 bridgehead atoms. The summed E-state index contributed by atoms with van der Waals surface area (Å²) in [6.07, 6.45) is 1.05. The van der Waals surface area contributed by atoms with Crippen LogP contribution in [0.4, 0.5) is 0 Å². The molecule has 1 N–H and O–H groups in total. The van der Waals surface area contributed by atoms with Gasteiger partial charge in [-0.3, -0.25) is 4.55 Å². The first-order chi connectivity index (χ1) is 5.95. The lowest BCUT2D eigenvalue weighted by atomic mass is 10.4.